The first-order valence-electron chi connectivity index (χ1n) is 12.0. The zero-order valence-electron chi connectivity index (χ0n) is 19.4. The summed E-state index contributed by atoms with van der Waals surface area (Å²) in [4.78, 5) is 34.6. The van der Waals surface area contributed by atoms with E-state index >= 15 is 0 Å². The number of carbonyl (C=O) groups excluding carboxylic acids is 2. The van der Waals surface area contributed by atoms with Gasteiger partial charge in [0.25, 0.3) is 0 Å². The molecule has 1 aliphatic carbocycles. The van der Waals surface area contributed by atoms with Crippen molar-refractivity contribution in [1.82, 2.24) is 14.7 Å². The van der Waals surface area contributed by atoms with Crippen LogP contribution in [-0.2, 0) is 16.1 Å². The Morgan fingerprint density at radius 1 is 1.03 bits per heavy atom. The highest BCUT2D eigenvalue weighted by Gasteiger charge is 2.37. The molecule has 6 heteroatoms. The minimum atomic E-state index is 0.0824. The van der Waals surface area contributed by atoms with E-state index < -0.39 is 0 Å². The van der Waals surface area contributed by atoms with Crippen molar-refractivity contribution >= 4 is 17.5 Å². The molecule has 3 aliphatic rings. The number of fused-ring (bicyclic) bond motifs is 3. The standard InChI is InChI=1S/C25H38N4O2/c1-19(30)28-14-13-22-8-6-9-23(29(22)15-20-11-12-20)17-27(25(31)18-26(2)3)16-21-7-4-5-10-24(21)28/h4-5,7,10,20,22-23H,6,8-9,11-18H2,1-3H3. The van der Waals surface area contributed by atoms with E-state index in [1.165, 1.54) is 25.7 Å². The lowest BCUT2D eigenvalue weighted by Crippen LogP contribution is -2.54. The molecular weight excluding hydrogens is 388 g/mol. The maximum Gasteiger partial charge on any atom is 0.237 e. The second-order valence-electron chi connectivity index (χ2n) is 9.98. The zero-order valence-corrected chi connectivity index (χ0v) is 19.4. The fourth-order valence-corrected chi connectivity index (χ4v) is 5.34. The predicted molar refractivity (Wildman–Crippen MR) is 124 cm³/mol. The average Bonchev–Trinajstić information content (AvgIpc) is 3.53. The van der Waals surface area contributed by atoms with E-state index in [0.29, 0.717) is 25.2 Å². The smallest absolute Gasteiger partial charge is 0.237 e. The molecule has 1 aromatic carbocycles. The quantitative estimate of drug-likeness (QED) is 0.743. The maximum absolute atomic E-state index is 13.3. The van der Waals surface area contributed by atoms with Crippen LogP contribution in [0, 0.1) is 5.92 Å². The number of nitrogens with zero attached hydrogens (tertiary/aromatic N) is 4. The van der Waals surface area contributed by atoms with Crippen LogP contribution >= 0.6 is 0 Å². The van der Waals surface area contributed by atoms with Crippen molar-refractivity contribution in [3.05, 3.63) is 29.8 Å². The monoisotopic (exact) mass is 426 g/mol. The van der Waals surface area contributed by atoms with Gasteiger partial charge in [0.15, 0.2) is 0 Å². The van der Waals surface area contributed by atoms with Gasteiger partial charge >= 0.3 is 0 Å². The summed E-state index contributed by atoms with van der Waals surface area (Å²) in [6, 6.07) is 9.05. The summed E-state index contributed by atoms with van der Waals surface area (Å²) in [5.74, 6) is 1.07. The van der Waals surface area contributed by atoms with Gasteiger partial charge in [-0.15, -0.1) is 0 Å². The van der Waals surface area contributed by atoms with Crippen LogP contribution < -0.4 is 4.90 Å². The zero-order chi connectivity index (χ0) is 22.0. The number of hydrogen-bond donors (Lipinski definition) is 0. The van der Waals surface area contributed by atoms with Crippen molar-refractivity contribution in [3.63, 3.8) is 0 Å². The van der Waals surface area contributed by atoms with Gasteiger partial charge in [-0.1, -0.05) is 24.6 Å². The highest BCUT2D eigenvalue weighted by Crippen LogP contribution is 2.36. The molecule has 31 heavy (non-hydrogen) atoms. The molecule has 2 amide bonds. The number of likely N-dealkylation sites (N-methyl/N-ethyl adjacent to an activating group) is 1. The molecule has 2 atom stereocenters. The molecular formula is C25H38N4O2. The third-order valence-electron chi connectivity index (χ3n) is 7.12. The van der Waals surface area contributed by atoms with Crippen molar-refractivity contribution in [2.24, 2.45) is 5.92 Å². The van der Waals surface area contributed by atoms with Gasteiger partial charge in [-0.25, -0.2) is 0 Å². The Morgan fingerprint density at radius 2 is 1.77 bits per heavy atom. The van der Waals surface area contributed by atoms with Crippen LogP contribution in [-0.4, -0.2) is 78.9 Å². The van der Waals surface area contributed by atoms with E-state index in [4.69, 9.17) is 0 Å². The van der Waals surface area contributed by atoms with Gasteiger partial charge in [-0.2, -0.15) is 0 Å². The Balaban J connectivity index is 1.70. The third kappa shape index (κ3) is 5.47. The van der Waals surface area contributed by atoms with Gasteiger partial charge in [-0.05, 0) is 63.7 Å². The summed E-state index contributed by atoms with van der Waals surface area (Å²) in [5.41, 5.74) is 2.03. The van der Waals surface area contributed by atoms with Gasteiger partial charge in [0, 0.05) is 50.9 Å². The van der Waals surface area contributed by atoms with Crippen molar-refractivity contribution < 1.29 is 9.59 Å². The summed E-state index contributed by atoms with van der Waals surface area (Å²) < 4.78 is 0. The number of rotatable bonds is 4. The van der Waals surface area contributed by atoms with Gasteiger partial charge < -0.3 is 14.7 Å². The Bertz CT molecular complexity index is 791. The lowest BCUT2D eigenvalue weighted by Gasteiger charge is -2.44. The lowest BCUT2D eigenvalue weighted by molar-refractivity contribution is -0.133. The second-order valence-corrected chi connectivity index (χ2v) is 9.98. The fraction of sp³-hybridized carbons (Fsp3) is 0.680. The second kappa shape index (κ2) is 9.70. The Kier molecular flexibility index (Phi) is 6.97. The van der Waals surface area contributed by atoms with E-state index in [9.17, 15) is 9.59 Å². The average molecular weight is 427 g/mol. The van der Waals surface area contributed by atoms with Gasteiger partial charge in [-0.3, -0.25) is 14.5 Å². The first-order valence-corrected chi connectivity index (χ1v) is 12.0. The topological polar surface area (TPSA) is 47.1 Å². The van der Waals surface area contributed by atoms with E-state index in [0.717, 1.165) is 49.6 Å². The van der Waals surface area contributed by atoms with Crippen LogP contribution in [0.5, 0.6) is 0 Å². The van der Waals surface area contributed by atoms with E-state index in [1.807, 2.05) is 42.1 Å². The molecule has 1 aromatic rings. The largest absolute Gasteiger partial charge is 0.336 e. The van der Waals surface area contributed by atoms with E-state index in [2.05, 4.69) is 15.9 Å². The number of piperidine rings is 1. The highest BCUT2D eigenvalue weighted by atomic mass is 16.2. The molecule has 1 saturated heterocycles. The maximum atomic E-state index is 13.3. The number of para-hydroxylation sites is 1. The Labute approximate surface area is 187 Å². The molecule has 0 radical (unpaired) electrons. The van der Waals surface area contributed by atoms with Crippen LogP contribution in [0.3, 0.4) is 0 Å². The highest BCUT2D eigenvalue weighted by molar-refractivity contribution is 5.92. The van der Waals surface area contributed by atoms with E-state index in [-0.39, 0.29) is 11.8 Å². The van der Waals surface area contributed by atoms with Crippen molar-refractivity contribution in [2.75, 3.05) is 45.2 Å². The third-order valence-corrected chi connectivity index (χ3v) is 7.12. The van der Waals surface area contributed by atoms with Crippen LogP contribution in [0.15, 0.2) is 24.3 Å². The summed E-state index contributed by atoms with van der Waals surface area (Å²) in [6.45, 7) is 5.32. The normalized spacial score (nSPS) is 25.2. The molecule has 1 saturated carbocycles. The van der Waals surface area contributed by atoms with Gasteiger partial charge in [0.05, 0.1) is 6.54 Å². The number of benzene rings is 1. The molecule has 2 fully saturated rings. The number of amides is 2. The summed E-state index contributed by atoms with van der Waals surface area (Å²) in [7, 11) is 3.90. The van der Waals surface area contributed by atoms with E-state index in [1.54, 1.807) is 6.92 Å². The minimum Gasteiger partial charge on any atom is -0.336 e. The van der Waals surface area contributed by atoms with Crippen LogP contribution in [0.1, 0.15) is 51.0 Å². The van der Waals surface area contributed by atoms with Crippen LogP contribution in [0.4, 0.5) is 5.69 Å². The van der Waals surface area contributed by atoms with Crippen molar-refractivity contribution in [1.29, 1.82) is 0 Å². The summed E-state index contributed by atoms with van der Waals surface area (Å²) >= 11 is 0. The molecule has 0 aromatic heterocycles. The van der Waals surface area contributed by atoms with Crippen molar-refractivity contribution in [3.8, 4) is 0 Å². The molecule has 2 unspecified atom stereocenters. The van der Waals surface area contributed by atoms with Gasteiger partial charge in [0.2, 0.25) is 11.8 Å². The fourth-order valence-electron chi connectivity index (χ4n) is 5.34. The molecule has 0 spiro atoms. The predicted octanol–water partition coefficient (Wildman–Crippen LogP) is 2.97. The number of anilines is 1. The molecule has 2 aliphatic heterocycles. The molecule has 2 heterocycles. The van der Waals surface area contributed by atoms with Crippen LogP contribution in [0.25, 0.3) is 0 Å². The Morgan fingerprint density at radius 3 is 2.48 bits per heavy atom. The molecule has 2 bridgehead atoms. The molecule has 6 nitrogen and oxygen atoms in total. The number of hydrogen-bond acceptors (Lipinski definition) is 4. The minimum absolute atomic E-state index is 0.0824. The summed E-state index contributed by atoms with van der Waals surface area (Å²) in [5, 5.41) is 0. The summed E-state index contributed by atoms with van der Waals surface area (Å²) in [6.07, 6.45) is 7.24. The van der Waals surface area contributed by atoms with Gasteiger partial charge in [0.1, 0.15) is 0 Å². The van der Waals surface area contributed by atoms with Crippen molar-refractivity contribution in [2.45, 2.75) is 64.1 Å². The SMILES string of the molecule is CC(=O)N1CCC2CCCC(CN(C(=O)CN(C)C)Cc3ccccc31)N2CC1CC1. The molecule has 4 rings (SSSR count). The first-order chi connectivity index (χ1) is 14.9. The Hall–Kier alpha value is -1.92. The molecule has 170 valence electrons. The van der Waals surface area contributed by atoms with Crippen LogP contribution in [0.2, 0.25) is 0 Å². The lowest BCUT2D eigenvalue weighted by atomic mass is 9.92. The first kappa shape index (κ1) is 22.3. The number of carbonyl (C=O) groups is 2. The molecule has 0 N–H and O–H groups in total.